The van der Waals surface area contributed by atoms with Crippen LogP contribution in [0, 0.1) is 6.92 Å². The first-order chi connectivity index (χ1) is 8.90. The van der Waals surface area contributed by atoms with E-state index in [2.05, 4.69) is 15.9 Å². The highest BCUT2D eigenvalue weighted by Gasteiger charge is 2.12. The number of aromatic nitrogens is 2. The lowest BCUT2D eigenvalue weighted by atomic mass is 10.2. The van der Waals surface area contributed by atoms with Crippen molar-refractivity contribution in [3.8, 4) is 5.69 Å². The lowest BCUT2D eigenvalue weighted by Crippen LogP contribution is -2.32. The van der Waals surface area contributed by atoms with Crippen molar-refractivity contribution >= 4 is 21.9 Å². The maximum absolute atomic E-state index is 11.7. The second kappa shape index (κ2) is 4.85. The zero-order valence-corrected chi connectivity index (χ0v) is 11.4. The van der Waals surface area contributed by atoms with Crippen LogP contribution in [-0.4, -0.2) is 20.6 Å². The molecule has 19 heavy (non-hydrogen) atoms. The van der Waals surface area contributed by atoms with Crippen LogP contribution in [0.15, 0.2) is 38.5 Å². The number of H-pyrrole nitrogens is 1. The third-order valence-corrected chi connectivity index (χ3v) is 3.48. The second-order valence-electron chi connectivity index (χ2n) is 3.91. The summed E-state index contributed by atoms with van der Waals surface area (Å²) in [6.45, 7) is 1.84. The molecule has 0 saturated heterocycles. The van der Waals surface area contributed by atoms with Gasteiger partial charge in [0.25, 0.3) is 5.56 Å². The first-order valence-corrected chi connectivity index (χ1v) is 6.05. The van der Waals surface area contributed by atoms with Gasteiger partial charge in [0.15, 0.2) is 0 Å². The van der Waals surface area contributed by atoms with Crippen LogP contribution in [0.3, 0.4) is 0 Å². The molecule has 7 heteroatoms. The van der Waals surface area contributed by atoms with Gasteiger partial charge in [-0.05, 0) is 30.7 Å². The molecule has 0 bridgehead atoms. The fourth-order valence-electron chi connectivity index (χ4n) is 1.59. The van der Waals surface area contributed by atoms with E-state index < -0.39 is 22.8 Å². The molecule has 0 saturated carbocycles. The zero-order valence-electron chi connectivity index (χ0n) is 9.81. The molecule has 1 aromatic carbocycles. The van der Waals surface area contributed by atoms with Crippen molar-refractivity contribution in [1.29, 1.82) is 0 Å². The molecule has 0 aliphatic heterocycles. The molecule has 2 N–H and O–H groups in total. The Morgan fingerprint density at radius 2 is 2.05 bits per heavy atom. The molecule has 1 aromatic heterocycles. The number of hydrogen-bond acceptors (Lipinski definition) is 3. The number of hydrogen-bond donors (Lipinski definition) is 2. The van der Waals surface area contributed by atoms with Gasteiger partial charge in [0, 0.05) is 10.7 Å². The van der Waals surface area contributed by atoms with Crippen LogP contribution >= 0.6 is 15.9 Å². The van der Waals surface area contributed by atoms with Gasteiger partial charge in [-0.1, -0.05) is 15.9 Å². The molecule has 0 amide bonds. The minimum absolute atomic E-state index is 0.476. The molecule has 0 radical (unpaired) electrons. The number of halogens is 1. The third kappa shape index (κ3) is 2.50. The number of nitrogens with zero attached hydrogens (tertiary/aromatic N) is 1. The summed E-state index contributed by atoms with van der Waals surface area (Å²) < 4.78 is 1.96. The van der Waals surface area contributed by atoms with E-state index in [0.29, 0.717) is 5.69 Å². The Bertz CT molecular complexity index is 776. The van der Waals surface area contributed by atoms with Crippen molar-refractivity contribution in [2.24, 2.45) is 0 Å². The molecule has 2 aromatic rings. The quantitative estimate of drug-likeness (QED) is 0.870. The minimum Gasteiger partial charge on any atom is -0.477 e. The predicted octanol–water partition coefficient (Wildman–Crippen LogP) is 1.29. The second-order valence-corrected chi connectivity index (χ2v) is 4.77. The Labute approximate surface area is 115 Å². The van der Waals surface area contributed by atoms with Gasteiger partial charge >= 0.3 is 11.7 Å². The summed E-state index contributed by atoms with van der Waals surface area (Å²) in [5, 5.41) is 8.88. The highest BCUT2D eigenvalue weighted by atomic mass is 79.9. The van der Waals surface area contributed by atoms with E-state index in [-0.39, 0.29) is 0 Å². The van der Waals surface area contributed by atoms with Crippen LogP contribution in [0.1, 0.15) is 15.9 Å². The fourth-order valence-corrected chi connectivity index (χ4v) is 1.84. The van der Waals surface area contributed by atoms with Crippen molar-refractivity contribution in [1.82, 2.24) is 9.55 Å². The van der Waals surface area contributed by atoms with Crippen LogP contribution in [-0.2, 0) is 0 Å². The summed E-state index contributed by atoms with van der Waals surface area (Å²) in [6.07, 6.45) is 1.02. The third-order valence-electron chi connectivity index (χ3n) is 2.59. The van der Waals surface area contributed by atoms with Crippen molar-refractivity contribution < 1.29 is 9.90 Å². The van der Waals surface area contributed by atoms with Gasteiger partial charge in [0.1, 0.15) is 5.56 Å². The molecule has 0 spiro atoms. The summed E-state index contributed by atoms with van der Waals surface area (Å²) in [5.74, 6) is -1.39. The first-order valence-electron chi connectivity index (χ1n) is 5.26. The van der Waals surface area contributed by atoms with Gasteiger partial charge in [-0.2, -0.15) is 0 Å². The van der Waals surface area contributed by atoms with Crippen LogP contribution in [0.4, 0.5) is 0 Å². The molecular formula is C12H9BrN2O4. The maximum atomic E-state index is 11.7. The molecule has 0 atom stereocenters. The van der Waals surface area contributed by atoms with E-state index in [1.165, 1.54) is 0 Å². The predicted molar refractivity (Wildman–Crippen MR) is 72.1 cm³/mol. The molecule has 0 unspecified atom stereocenters. The zero-order chi connectivity index (χ0) is 14.2. The summed E-state index contributed by atoms with van der Waals surface area (Å²) in [6, 6.07) is 5.08. The Kier molecular flexibility index (Phi) is 3.39. The van der Waals surface area contributed by atoms with Crippen LogP contribution in [0.25, 0.3) is 5.69 Å². The van der Waals surface area contributed by atoms with Gasteiger partial charge in [-0.3, -0.25) is 14.3 Å². The number of aromatic carboxylic acids is 1. The van der Waals surface area contributed by atoms with E-state index in [1.54, 1.807) is 18.2 Å². The minimum atomic E-state index is -1.39. The summed E-state index contributed by atoms with van der Waals surface area (Å²) in [7, 11) is 0. The Balaban J connectivity index is 2.71. The van der Waals surface area contributed by atoms with E-state index >= 15 is 0 Å². The smallest absolute Gasteiger partial charge is 0.342 e. The number of aryl methyl sites for hydroxylation is 1. The highest BCUT2D eigenvalue weighted by molar-refractivity contribution is 9.10. The van der Waals surface area contributed by atoms with Gasteiger partial charge in [0.05, 0.1) is 5.69 Å². The number of carboxylic acids is 1. The molecule has 1 heterocycles. The van der Waals surface area contributed by atoms with E-state index in [9.17, 15) is 14.4 Å². The van der Waals surface area contributed by atoms with E-state index in [0.717, 1.165) is 20.8 Å². The number of carbonyl (C=O) groups is 1. The highest BCUT2D eigenvalue weighted by Crippen LogP contribution is 2.18. The number of rotatable bonds is 2. The Morgan fingerprint density at radius 3 is 2.63 bits per heavy atom. The standard InChI is InChI=1S/C12H9BrN2O4/c1-6-4-7(2-3-9(6)13)15-5-8(11(17)18)10(16)14-12(15)19/h2-5H,1H3,(H,17,18)(H,14,16,19). The Morgan fingerprint density at radius 1 is 1.37 bits per heavy atom. The van der Waals surface area contributed by atoms with Crippen LogP contribution in [0.5, 0.6) is 0 Å². The topological polar surface area (TPSA) is 92.2 Å². The van der Waals surface area contributed by atoms with Crippen LogP contribution in [0.2, 0.25) is 0 Å². The largest absolute Gasteiger partial charge is 0.477 e. The lowest BCUT2D eigenvalue weighted by Gasteiger charge is -2.07. The monoisotopic (exact) mass is 324 g/mol. The number of nitrogens with one attached hydrogen (secondary N) is 1. The van der Waals surface area contributed by atoms with Crippen molar-refractivity contribution in [3.63, 3.8) is 0 Å². The summed E-state index contributed by atoms with van der Waals surface area (Å²) >= 11 is 3.33. The molecule has 6 nitrogen and oxygen atoms in total. The number of benzene rings is 1. The normalized spacial score (nSPS) is 10.4. The summed E-state index contributed by atoms with van der Waals surface area (Å²) in [4.78, 5) is 35.9. The van der Waals surface area contributed by atoms with Crippen molar-refractivity contribution in [2.45, 2.75) is 6.92 Å². The van der Waals surface area contributed by atoms with Crippen molar-refractivity contribution in [2.75, 3.05) is 0 Å². The average Bonchev–Trinajstić information content (AvgIpc) is 2.32. The molecule has 0 fully saturated rings. The van der Waals surface area contributed by atoms with Gasteiger partial charge in [-0.15, -0.1) is 0 Å². The Hall–Kier alpha value is -2.15. The lowest BCUT2D eigenvalue weighted by molar-refractivity contribution is 0.0694. The van der Waals surface area contributed by atoms with Gasteiger partial charge in [-0.25, -0.2) is 9.59 Å². The van der Waals surface area contributed by atoms with E-state index in [1.807, 2.05) is 11.9 Å². The number of carboxylic acid groups (broad SMARTS) is 1. The van der Waals surface area contributed by atoms with Gasteiger partial charge < -0.3 is 5.11 Å². The molecule has 0 aliphatic carbocycles. The summed E-state index contributed by atoms with van der Waals surface area (Å²) in [5.41, 5.74) is -0.726. The fraction of sp³-hybridized carbons (Fsp3) is 0.0833. The van der Waals surface area contributed by atoms with Crippen molar-refractivity contribution in [3.05, 3.63) is 60.8 Å². The molecule has 2 rings (SSSR count). The molecular weight excluding hydrogens is 316 g/mol. The average molecular weight is 325 g/mol. The van der Waals surface area contributed by atoms with E-state index in [4.69, 9.17) is 5.11 Å². The van der Waals surface area contributed by atoms with Gasteiger partial charge in [0.2, 0.25) is 0 Å². The molecule has 0 aliphatic rings. The maximum Gasteiger partial charge on any atom is 0.342 e. The SMILES string of the molecule is Cc1cc(-n2cc(C(=O)O)c(=O)[nH]c2=O)ccc1Br. The molecule has 98 valence electrons. The first kappa shape index (κ1) is 13.3. The number of aromatic amines is 1. The van der Waals surface area contributed by atoms with Crippen LogP contribution < -0.4 is 11.2 Å².